The molecule has 0 aromatic heterocycles. The number of ether oxygens (including phenoxy) is 1. The van der Waals surface area contributed by atoms with Crippen LogP contribution in [0.1, 0.15) is 6.92 Å². The average molecular weight is 168 g/mol. The predicted octanol–water partition coefficient (Wildman–Crippen LogP) is 0.467. The smallest absolute Gasteiger partial charge is 0.336 e. The van der Waals surface area contributed by atoms with Gasteiger partial charge in [0.2, 0.25) is 0 Å². The fourth-order valence-electron chi connectivity index (χ4n) is 0.718. The number of carbonyl (C=O) groups is 2. The van der Waals surface area contributed by atoms with Gasteiger partial charge in [0.05, 0.1) is 6.61 Å². The van der Waals surface area contributed by atoms with E-state index in [1.54, 1.807) is 6.92 Å². The first-order valence-corrected chi connectivity index (χ1v) is 3.53. The van der Waals surface area contributed by atoms with Gasteiger partial charge in [-0.1, -0.05) is 0 Å². The summed E-state index contributed by atoms with van der Waals surface area (Å²) in [4.78, 5) is 21.5. The van der Waals surface area contributed by atoms with E-state index >= 15 is 0 Å². The van der Waals surface area contributed by atoms with E-state index in [0.29, 0.717) is 6.61 Å². The standard InChI is InChI=1S/C7H8N2O3/c1-2-12-7(11)5-3-4-6(10)9-8-5/h3-5H,2H2,1H3. The Morgan fingerprint density at radius 3 is 3.00 bits per heavy atom. The van der Waals surface area contributed by atoms with Gasteiger partial charge in [-0.2, -0.15) is 5.11 Å². The molecule has 5 heteroatoms. The van der Waals surface area contributed by atoms with Crippen LogP contribution in [0.3, 0.4) is 0 Å². The third kappa shape index (κ3) is 1.98. The molecule has 1 amide bonds. The zero-order valence-electron chi connectivity index (χ0n) is 6.56. The lowest BCUT2D eigenvalue weighted by Crippen LogP contribution is -2.21. The van der Waals surface area contributed by atoms with E-state index in [9.17, 15) is 9.59 Å². The fraction of sp³-hybridized carbons (Fsp3) is 0.429. The molecule has 1 aliphatic heterocycles. The van der Waals surface area contributed by atoms with Crippen molar-refractivity contribution < 1.29 is 14.3 Å². The number of esters is 1. The second-order valence-electron chi connectivity index (χ2n) is 2.11. The minimum Gasteiger partial charge on any atom is -0.464 e. The lowest BCUT2D eigenvalue weighted by atomic mass is 10.2. The lowest BCUT2D eigenvalue weighted by Gasteiger charge is -2.06. The van der Waals surface area contributed by atoms with Gasteiger partial charge in [0.15, 0.2) is 6.04 Å². The minimum atomic E-state index is -0.748. The van der Waals surface area contributed by atoms with Crippen molar-refractivity contribution in [2.45, 2.75) is 13.0 Å². The molecule has 0 aliphatic carbocycles. The number of azo groups is 1. The molecule has 1 heterocycles. The molecule has 0 bridgehead atoms. The van der Waals surface area contributed by atoms with Crippen LogP contribution in [0, 0.1) is 0 Å². The molecule has 1 unspecified atom stereocenters. The molecule has 0 aromatic rings. The lowest BCUT2D eigenvalue weighted by molar-refractivity contribution is -0.143. The SMILES string of the molecule is CCOC(=O)C1C=CC(=O)N=N1. The van der Waals surface area contributed by atoms with Crippen molar-refractivity contribution in [2.75, 3.05) is 6.61 Å². The Balaban J connectivity index is 2.55. The van der Waals surface area contributed by atoms with E-state index in [1.807, 2.05) is 0 Å². The molecule has 0 spiro atoms. The quantitative estimate of drug-likeness (QED) is 0.562. The summed E-state index contributed by atoms with van der Waals surface area (Å²) in [6.45, 7) is 2.00. The maximum absolute atomic E-state index is 11.0. The normalized spacial score (nSPS) is 21.1. The zero-order valence-corrected chi connectivity index (χ0v) is 6.56. The van der Waals surface area contributed by atoms with Crippen molar-refractivity contribution in [3.8, 4) is 0 Å². The van der Waals surface area contributed by atoms with Gasteiger partial charge in [-0.15, -0.1) is 5.11 Å². The number of rotatable bonds is 2. The highest BCUT2D eigenvalue weighted by Crippen LogP contribution is 2.04. The maximum atomic E-state index is 11.0. The molecule has 5 nitrogen and oxygen atoms in total. The summed E-state index contributed by atoms with van der Waals surface area (Å²) in [6.07, 6.45) is 2.57. The highest BCUT2D eigenvalue weighted by atomic mass is 16.5. The molecule has 64 valence electrons. The zero-order chi connectivity index (χ0) is 8.97. The summed E-state index contributed by atoms with van der Waals surface area (Å²) in [5.74, 6) is -0.930. The van der Waals surface area contributed by atoms with Crippen LogP contribution < -0.4 is 0 Å². The van der Waals surface area contributed by atoms with E-state index in [1.165, 1.54) is 12.2 Å². The summed E-state index contributed by atoms with van der Waals surface area (Å²) in [7, 11) is 0. The van der Waals surface area contributed by atoms with Crippen LogP contribution in [-0.2, 0) is 14.3 Å². The second-order valence-corrected chi connectivity index (χ2v) is 2.11. The summed E-state index contributed by atoms with van der Waals surface area (Å²) in [5.41, 5.74) is 0. The predicted molar refractivity (Wildman–Crippen MR) is 39.4 cm³/mol. The van der Waals surface area contributed by atoms with Gasteiger partial charge < -0.3 is 4.74 Å². The van der Waals surface area contributed by atoms with Gasteiger partial charge in [0.1, 0.15) is 0 Å². The summed E-state index contributed by atoms with van der Waals surface area (Å²) in [5, 5.41) is 6.66. The van der Waals surface area contributed by atoms with E-state index in [2.05, 4.69) is 15.0 Å². The Hall–Kier alpha value is -1.52. The molecule has 1 aliphatic rings. The van der Waals surface area contributed by atoms with E-state index in [0.717, 1.165) is 0 Å². The number of nitrogens with zero attached hydrogens (tertiary/aromatic N) is 2. The molecule has 0 aromatic carbocycles. The van der Waals surface area contributed by atoms with Crippen LogP contribution in [0.15, 0.2) is 22.4 Å². The molecule has 0 saturated heterocycles. The first-order valence-electron chi connectivity index (χ1n) is 3.53. The Kier molecular flexibility index (Phi) is 2.68. The van der Waals surface area contributed by atoms with Crippen molar-refractivity contribution in [2.24, 2.45) is 10.2 Å². The van der Waals surface area contributed by atoms with Gasteiger partial charge in [-0.25, -0.2) is 4.79 Å². The van der Waals surface area contributed by atoms with Gasteiger partial charge in [0.25, 0.3) is 5.91 Å². The highest BCUT2D eigenvalue weighted by molar-refractivity contribution is 5.91. The molecule has 0 saturated carbocycles. The number of hydrogen-bond donors (Lipinski definition) is 0. The molecule has 0 radical (unpaired) electrons. The summed E-state index contributed by atoms with van der Waals surface area (Å²) >= 11 is 0. The number of carbonyl (C=O) groups excluding carboxylic acids is 2. The van der Waals surface area contributed by atoms with E-state index in [-0.39, 0.29) is 0 Å². The van der Waals surface area contributed by atoms with Gasteiger partial charge in [-0.3, -0.25) is 4.79 Å². The molecular weight excluding hydrogens is 160 g/mol. The fourth-order valence-corrected chi connectivity index (χ4v) is 0.718. The first-order chi connectivity index (χ1) is 5.74. The van der Waals surface area contributed by atoms with Crippen LogP contribution in [0.25, 0.3) is 0 Å². The molecule has 0 N–H and O–H groups in total. The molecule has 1 atom stereocenters. The highest BCUT2D eigenvalue weighted by Gasteiger charge is 2.18. The third-order valence-corrected chi connectivity index (χ3v) is 1.23. The first kappa shape index (κ1) is 8.58. The van der Waals surface area contributed by atoms with Crippen LogP contribution >= 0.6 is 0 Å². The van der Waals surface area contributed by atoms with Gasteiger partial charge >= 0.3 is 5.97 Å². The molecule has 12 heavy (non-hydrogen) atoms. The van der Waals surface area contributed by atoms with Crippen molar-refractivity contribution in [1.82, 2.24) is 0 Å². The average Bonchev–Trinajstić information content (AvgIpc) is 2.06. The van der Waals surface area contributed by atoms with Crippen LogP contribution in [0.2, 0.25) is 0 Å². The van der Waals surface area contributed by atoms with Crippen molar-refractivity contribution >= 4 is 11.9 Å². The number of amides is 1. The largest absolute Gasteiger partial charge is 0.464 e. The van der Waals surface area contributed by atoms with Crippen LogP contribution in [0.5, 0.6) is 0 Å². The Morgan fingerprint density at radius 1 is 1.75 bits per heavy atom. The van der Waals surface area contributed by atoms with E-state index < -0.39 is 17.9 Å². The van der Waals surface area contributed by atoms with Gasteiger partial charge in [0, 0.05) is 6.08 Å². The Labute approximate surface area is 69.1 Å². The monoisotopic (exact) mass is 168 g/mol. The van der Waals surface area contributed by atoms with Gasteiger partial charge in [-0.05, 0) is 13.0 Å². The molecule has 0 fully saturated rings. The van der Waals surface area contributed by atoms with Crippen molar-refractivity contribution in [1.29, 1.82) is 0 Å². The second kappa shape index (κ2) is 3.75. The molecular formula is C7H8N2O3. The van der Waals surface area contributed by atoms with E-state index in [4.69, 9.17) is 0 Å². The number of hydrogen-bond acceptors (Lipinski definition) is 4. The summed E-state index contributed by atoms with van der Waals surface area (Å²) in [6, 6.07) is -0.748. The Morgan fingerprint density at radius 2 is 2.50 bits per heavy atom. The minimum absolute atomic E-state index is 0.298. The topological polar surface area (TPSA) is 68.1 Å². The Bertz CT molecular complexity index is 241. The van der Waals surface area contributed by atoms with Crippen LogP contribution in [0.4, 0.5) is 0 Å². The molecule has 1 rings (SSSR count). The summed E-state index contributed by atoms with van der Waals surface area (Å²) < 4.78 is 4.66. The van der Waals surface area contributed by atoms with Crippen molar-refractivity contribution in [3.05, 3.63) is 12.2 Å². The van der Waals surface area contributed by atoms with Crippen molar-refractivity contribution in [3.63, 3.8) is 0 Å². The van der Waals surface area contributed by atoms with Crippen LogP contribution in [-0.4, -0.2) is 24.5 Å². The third-order valence-electron chi connectivity index (χ3n) is 1.23. The maximum Gasteiger partial charge on any atom is 0.336 e.